The van der Waals surface area contributed by atoms with Crippen LogP contribution in [-0.4, -0.2) is 11.8 Å². The van der Waals surface area contributed by atoms with Crippen LogP contribution in [0.4, 0.5) is 0 Å². The minimum Gasteiger partial charge on any atom is -0.422 e. The molecule has 0 radical (unpaired) electrons. The predicted molar refractivity (Wildman–Crippen MR) is 87.9 cm³/mol. The normalized spacial score (nSPS) is 10.2. The molecule has 21 heavy (non-hydrogen) atoms. The molecule has 2 rings (SSSR count). The minimum atomic E-state index is -0.491. The van der Waals surface area contributed by atoms with Gasteiger partial charge in [0.2, 0.25) is 0 Å². The highest BCUT2D eigenvalue weighted by Gasteiger charge is 2.17. The van der Waals surface area contributed by atoms with Crippen molar-refractivity contribution in [2.24, 2.45) is 0 Å². The van der Waals surface area contributed by atoms with E-state index >= 15 is 0 Å². The number of halogens is 2. The fourth-order valence-electron chi connectivity index (χ4n) is 1.75. The summed E-state index contributed by atoms with van der Waals surface area (Å²) in [6, 6.07) is 11.9. The summed E-state index contributed by atoms with van der Waals surface area (Å²) in [5.41, 5.74) is 0.822. The molecule has 0 spiro atoms. The molecule has 0 heterocycles. The third-order valence-corrected chi connectivity index (χ3v) is 4.70. The number of Topliss-reactive ketones (excluding diaryl/α,β-unsaturated/α-hetero) is 1. The van der Waals surface area contributed by atoms with Crippen molar-refractivity contribution in [2.45, 2.75) is 13.3 Å². The van der Waals surface area contributed by atoms with Gasteiger partial charge in [-0.25, -0.2) is 4.79 Å². The molecule has 0 amide bonds. The highest BCUT2D eigenvalue weighted by molar-refractivity contribution is 9.13. The van der Waals surface area contributed by atoms with Crippen LogP contribution >= 0.6 is 31.9 Å². The molecular formula is C16H12Br2O3. The van der Waals surface area contributed by atoms with Crippen molar-refractivity contribution in [3.8, 4) is 5.75 Å². The molecule has 0 aromatic heterocycles. The first-order valence-corrected chi connectivity index (χ1v) is 7.91. The maximum atomic E-state index is 12.1. The molecule has 3 nitrogen and oxygen atoms in total. The minimum absolute atomic E-state index is 0.0842. The number of rotatable bonds is 4. The number of hydrogen-bond acceptors (Lipinski definition) is 3. The lowest BCUT2D eigenvalue weighted by Gasteiger charge is -2.11. The Kier molecular flexibility index (Phi) is 5.31. The van der Waals surface area contributed by atoms with Gasteiger partial charge >= 0.3 is 5.97 Å². The van der Waals surface area contributed by atoms with Crippen LogP contribution in [0.15, 0.2) is 51.4 Å². The second-order valence-electron chi connectivity index (χ2n) is 4.29. The summed E-state index contributed by atoms with van der Waals surface area (Å²) < 4.78 is 6.83. The summed E-state index contributed by atoms with van der Waals surface area (Å²) in [4.78, 5) is 24.1. The fraction of sp³-hybridized carbons (Fsp3) is 0.125. The van der Waals surface area contributed by atoms with Crippen LogP contribution in [0, 0.1) is 0 Å². The Morgan fingerprint density at radius 1 is 1.05 bits per heavy atom. The van der Waals surface area contributed by atoms with E-state index in [2.05, 4.69) is 31.9 Å². The summed E-state index contributed by atoms with van der Waals surface area (Å²) in [5.74, 6) is -0.320. The molecule has 0 aliphatic rings. The second kappa shape index (κ2) is 7.00. The molecule has 2 aromatic rings. The van der Waals surface area contributed by atoms with Gasteiger partial charge in [0.1, 0.15) is 5.75 Å². The molecule has 0 atom stereocenters. The van der Waals surface area contributed by atoms with Crippen LogP contribution < -0.4 is 4.74 Å². The van der Waals surface area contributed by atoms with Crippen LogP contribution in [0.2, 0.25) is 0 Å². The van der Waals surface area contributed by atoms with E-state index in [1.807, 2.05) is 6.07 Å². The first-order valence-electron chi connectivity index (χ1n) is 6.32. The summed E-state index contributed by atoms with van der Waals surface area (Å²) in [6.07, 6.45) is 0.337. The fourth-order valence-corrected chi connectivity index (χ4v) is 2.42. The van der Waals surface area contributed by atoms with Gasteiger partial charge in [-0.2, -0.15) is 0 Å². The summed E-state index contributed by atoms with van der Waals surface area (Å²) in [6.45, 7) is 1.76. The first kappa shape index (κ1) is 15.9. The molecule has 0 aliphatic heterocycles. The van der Waals surface area contributed by atoms with Crippen molar-refractivity contribution >= 4 is 43.6 Å². The number of benzene rings is 2. The van der Waals surface area contributed by atoms with Crippen LogP contribution in [0.5, 0.6) is 5.75 Å². The maximum absolute atomic E-state index is 12.1. The van der Waals surface area contributed by atoms with E-state index in [9.17, 15) is 9.59 Å². The molecule has 5 heteroatoms. The smallest absolute Gasteiger partial charge is 0.343 e. The maximum Gasteiger partial charge on any atom is 0.343 e. The van der Waals surface area contributed by atoms with Crippen LogP contribution in [-0.2, 0) is 0 Å². The van der Waals surface area contributed by atoms with Crippen molar-refractivity contribution in [3.63, 3.8) is 0 Å². The van der Waals surface area contributed by atoms with Gasteiger partial charge in [0.05, 0.1) is 11.1 Å². The molecule has 0 saturated carbocycles. The van der Waals surface area contributed by atoms with Crippen molar-refractivity contribution < 1.29 is 14.3 Å². The lowest BCUT2D eigenvalue weighted by atomic mass is 10.1. The van der Waals surface area contributed by atoms with Gasteiger partial charge in [0.15, 0.2) is 5.78 Å². The molecule has 0 saturated heterocycles. The van der Waals surface area contributed by atoms with Crippen molar-refractivity contribution in [3.05, 3.63) is 62.5 Å². The van der Waals surface area contributed by atoms with E-state index in [0.717, 1.165) is 4.47 Å². The average Bonchev–Trinajstić information content (AvgIpc) is 2.50. The van der Waals surface area contributed by atoms with Crippen LogP contribution in [0.25, 0.3) is 0 Å². The largest absolute Gasteiger partial charge is 0.422 e. The van der Waals surface area contributed by atoms with E-state index in [-0.39, 0.29) is 11.5 Å². The van der Waals surface area contributed by atoms with Gasteiger partial charge in [-0.3, -0.25) is 4.79 Å². The Morgan fingerprint density at radius 3 is 2.29 bits per heavy atom. The van der Waals surface area contributed by atoms with Gasteiger partial charge in [-0.1, -0.05) is 25.1 Å². The quantitative estimate of drug-likeness (QED) is 0.402. The predicted octanol–water partition coefficient (Wildman–Crippen LogP) is 5.02. The Morgan fingerprint density at radius 2 is 1.67 bits per heavy atom. The number of esters is 1. The van der Waals surface area contributed by atoms with Crippen LogP contribution in [0.1, 0.15) is 34.1 Å². The van der Waals surface area contributed by atoms with E-state index in [1.54, 1.807) is 43.3 Å². The van der Waals surface area contributed by atoms with E-state index in [1.165, 1.54) is 0 Å². The molecule has 2 aromatic carbocycles. The third-order valence-electron chi connectivity index (χ3n) is 2.86. The number of ether oxygens (including phenoxy) is 1. The average molecular weight is 412 g/mol. The molecule has 0 fully saturated rings. The number of carbonyl (C=O) groups excluding carboxylic acids is 2. The Balaban J connectivity index is 2.37. The van der Waals surface area contributed by atoms with Gasteiger partial charge in [-0.15, -0.1) is 0 Å². The number of ketones is 1. The Labute approximate surface area is 139 Å². The molecule has 0 N–H and O–H groups in total. The van der Waals surface area contributed by atoms with Gasteiger partial charge in [0.25, 0.3) is 0 Å². The van der Waals surface area contributed by atoms with E-state index in [4.69, 9.17) is 4.74 Å². The molecule has 0 aliphatic carbocycles. The van der Waals surface area contributed by atoms with E-state index in [0.29, 0.717) is 22.0 Å². The Hall–Kier alpha value is -1.46. The molecular weight excluding hydrogens is 400 g/mol. The highest BCUT2D eigenvalue weighted by Crippen LogP contribution is 2.32. The molecule has 108 valence electrons. The van der Waals surface area contributed by atoms with Gasteiger partial charge in [0, 0.05) is 15.4 Å². The zero-order valence-corrected chi connectivity index (χ0v) is 14.4. The Bertz CT molecular complexity index is 681. The third kappa shape index (κ3) is 3.80. The summed E-state index contributed by atoms with van der Waals surface area (Å²) in [5, 5.41) is 0. The molecule has 0 unspecified atom stereocenters. The summed E-state index contributed by atoms with van der Waals surface area (Å²) >= 11 is 6.70. The van der Waals surface area contributed by atoms with Crippen LogP contribution in [0.3, 0.4) is 0 Å². The zero-order chi connectivity index (χ0) is 15.4. The summed E-state index contributed by atoms with van der Waals surface area (Å²) in [7, 11) is 0. The first-order chi connectivity index (χ1) is 10.0. The number of carbonyl (C=O) groups is 2. The zero-order valence-electron chi connectivity index (χ0n) is 11.2. The lowest BCUT2D eigenvalue weighted by Crippen LogP contribution is -2.11. The van der Waals surface area contributed by atoms with E-state index < -0.39 is 5.97 Å². The lowest BCUT2D eigenvalue weighted by molar-refractivity contribution is 0.0732. The topological polar surface area (TPSA) is 43.4 Å². The standard InChI is InChI=1S/C16H12Br2O3/c1-2-14(19)11-8-12(17)13(18)9-15(11)21-16(20)10-6-4-3-5-7-10/h3-9H,2H2,1H3. The SMILES string of the molecule is CCC(=O)c1cc(Br)c(Br)cc1OC(=O)c1ccccc1. The van der Waals surface area contributed by atoms with Crippen molar-refractivity contribution in [1.82, 2.24) is 0 Å². The van der Waals surface area contributed by atoms with Gasteiger partial charge < -0.3 is 4.74 Å². The highest BCUT2D eigenvalue weighted by atomic mass is 79.9. The number of hydrogen-bond donors (Lipinski definition) is 0. The van der Waals surface area contributed by atoms with Crippen molar-refractivity contribution in [1.29, 1.82) is 0 Å². The second-order valence-corrected chi connectivity index (χ2v) is 6.00. The van der Waals surface area contributed by atoms with Gasteiger partial charge in [-0.05, 0) is 56.1 Å². The van der Waals surface area contributed by atoms with Crippen molar-refractivity contribution in [2.75, 3.05) is 0 Å². The molecule has 0 bridgehead atoms. The monoisotopic (exact) mass is 410 g/mol.